The molecule has 1 saturated heterocycles. The average molecular weight is 470 g/mol. The molecule has 2 aliphatic rings. The fourth-order valence-electron chi connectivity index (χ4n) is 5.02. The molecule has 0 spiro atoms. The third kappa shape index (κ3) is 9.34. The molecule has 7 heteroatoms. The molecule has 2 rings (SSSR count). The quantitative estimate of drug-likeness (QED) is 0.294. The molecular weight excluding hydrogens is 426 g/mol. The van der Waals surface area contributed by atoms with E-state index in [1.807, 2.05) is 13.0 Å². The van der Waals surface area contributed by atoms with Gasteiger partial charge < -0.3 is 10.4 Å². The number of ketones is 1. The van der Waals surface area contributed by atoms with Crippen LogP contribution in [0.25, 0.3) is 0 Å². The van der Waals surface area contributed by atoms with Crippen LogP contribution >= 0.6 is 0 Å². The highest BCUT2D eigenvalue weighted by atomic mass is 32.2. The third-order valence-corrected chi connectivity index (χ3v) is 8.85. The van der Waals surface area contributed by atoms with Crippen molar-refractivity contribution in [3.63, 3.8) is 0 Å². The number of nitrogens with one attached hydrogen (secondary N) is 1. The van der Waals surface area contributed by atoms with E-state index in [1.54, 1.807) is 0 Å². The lowest BCUT2D eigenvalue weighted by molar-refractivity contribution is -0.123. The van der Waals surface area contributed by atoms with Crippen molar-refractivity contribution in [3.05, 3.63) is 12.2 Å². The van der Waals surface area contributed by atoms with E-state index >= 15 is 0 Å². The molecule has 1 aliphatic carbocycles. The van der Waals surface area contributed by atoms with E-state index in [4.69, 9.17) is 0 Å². The van der Waals surface area contributed by atoms with E-state index in [2.05, 4.69) is 18.3 Å². The number of amides is 1. The van der Waals surface area contributed by atoms with Crippen LogP contribution in [0.15, 0.2) is 12.2 Å². The number of carbonyl (C=O) groups is 2. The first-order valence-electron chi connectivity index (χ1n) is 12.5. The third-order valence-electron chi connectivity index (χ3n) is 6.95. The van der Waals surface area contributed by atoms with Crippen molar-refractivity contribution in [2.24, 2.45) is 11.8 Å². The van der Waals surface area contributed by atoms with Gasteiger partial charge in [0.1, 0.15) is 5.78 Å². The van der Waals surface area contributed by atoms with Crippen LogP contribution in [0, 0.1) is 11.8 Å². The van der Waals surface area contributed by atoms with Gasteiger partial charge in [-0.3, -0.25) is 9.59 Å². The summed E-state index contributed by atoms with van der Waals surface area (Å²) in [6, 6.07) is 0. The molecule has 6 nitrogen and oxygen atoms in total. The predicted octanol–water partition coefficient (Wildman–Crippen LogP) is 4.11. The number of rotatable bonds is 14. The van der Waals surface area contributed by atoms with Gasteiger partial charge >= 0.3 is 0 Å². The molecule has 0 aromatic carbocycles. The molecule has 1 unspecified atom stereocenters. The highest BCUT2D eigenvalue weighted by Crippen LogP contribution is 2.34. The van der Waals surface area contributed by atoms with Gasteiger partial charge in [-0.2, -0.15) is 0 Å². The SMILES string of the molecule is CCCCC[C@@H](O)/C=C/[C@H]1CCC(=O)[C@@H]1CCCCCCC(=O)NC1(C)CCS(=O)(=O)C1. The smallest absolute Gasteiger partial charge is 0.220 e. The molecule has 0 radical (unpaired) electrons. The molecule has 1 saturated carbocycles. The number of aliphatic hydroxyl groups is 1. The Hall–Kier alpha value is -1.21. The van der Waals surface area contributed by atoms with E-state index in [-0.39, 0.29) is 29.2 Å². The van der Waals surface area contributed by atoms with Crippen LogP contribution in [0.4, 0.5) is 0 Å². The maximum Gasteiger partial charge on any atom is 0.220 e. The van der Waals surface area contributed by atoms with Gasteiger partial charge in [-0.1, -0.05) is 57.6 Å². The van der Waals surface area contributed by atoms with Crippen molar-refractivity contribution >= 4 is 21.5 Å². The molecule has 1 amide bonds. The van der Waals surface area contributed by atoms with Gasteiger partial charge in [-0.05, 0) is 44.9 Å². The Labute approximate surface area is 194 Å². The highest BCUT2D eigenvalue weighted by molar-refractivity contribution is 7.91. The molecule has 0 aromatic heterocycles. The van der Waals surface area contributed by atoms with Crippen molar-refractivity contribution in [1.82, 2.24) is 5.32 Å². The first-order chi connectivity index (χ1) is 15.1. The lowest BCUT2D eigenvalue weighted by atomic mass is 9.89. The highest BCUT2D eigenvalue weighted by Gasteiger charge is 2.39. The largest absolute Gasteiger partial charge is 0.389 e. The van der Waals surface area contributed by atoms with E-state index in [9.17, 15) is 23.1 Å². The monoisotopic (exact) mass is 469 g/mol. The summed E-state index contributed by atoms with van der Waals surface area (Å²) in [6.07, 6.45) is 14.6. The summed E-state index contributed by atoms with van der Waals surface area (Å²) in [4.78, 5) is 24.5. The number of allylic oxidation sites excluding steroid dienone is 1. The summed E-state index contributed by atoms with van der Waals surface area (Å²) < 4.78 is 23.3. The average Bonchev–Trinajstić information content (AvgIpc) is 3.20. The number of sulfone groups is 1. The minimum atomic E-state index is -3.02. The number of aliphatic hydroxyl groups excluding tert-OH is 1. The maximum atomic E-state index is 12.3. The van der Waals surface area contributed by atoms with E-state index in [0.717, 1.165) is 64.2 Å². The van der Waals surface area contributed by atoms with Crippen molar-refractivity contribution in [3.8, 4) is 0 Å². The Morgan fingerprint density at radius 3 is 2.66 bits per heavy atom. The molecule has 1 aliphatic heterocycles. The van der Waals surface area contributed by atoms with Gasteiger partial charge in [0.25, 0.3) is 0 Å². The predicted molar refractivity (Wildman–Crippen MR) is 128 cm³/mol. The van der Waals surface area contributed by atoms with Gasteiger partial charge in [0.05, 0.1) is 23.1 Å². The zero-order valence-electron chi connectivity index (χ0n) is 20.0. The molecule has 1 heterocycles. The molecule has 2 fully saturated rings. The van der Waals surface area contributed by atoms with Crippen LogP contribution in [0.2, 0.25) is 0 Å². The maximum absolute atomic E-state index is 12.3. The zero-order valence-corrected chi connectivity index (χ0v) is 20.8. The van der Waals surface area contributed by atoms with E-state index < -0.39 is 21.5 Å². The van der Waals surface area contributed by atoms with Crippen LogP contribution in [0.3, 0.4) is 0 Å². The lowest BCUT2D eigenvalue weighted by Crippen LogP contribution is -2.46. The fourth-order valence-corrected chi connectivity index (χ4v) is 7.11. The Morgan fingerprint density at radius 2 is 1.97 bits per heavy atom. The van der Waals surface area contributed by atoms with Gasteiger partial charge in [-0.25, -0.2) is 8.42 Å². The Bertz CT molecular complexity index is 747. The van der Waals surface area contributed by atoms with Crippen molar-refractivity contribution in [2.75, 3.05) is 11.5 Å². The second-order valence-corrected chi connectivity index (χ2v) is 12.3. The summed E-state index contributed by atoms with van der Waals surface area (Å²) in [6.45, 7) is 3.96. The summed E-state index contributed by atoms with van der Waals surface area (Å²) >= 11 is 0. The van der Waals surface area contributed by atoms with Crippen molar-refractivity contribution < 1.29 is 23.1 Å². The van der Waals surface area contributed by atoms with Gasteiger partial charge in [0, 0.05) is 18.8 Å². The van der Waals surface area contributed by atoms with E-state index in [1.165, 1.54) is 0 Å². The molecule has 32 heavy (non-hydrogen) atoms. The second-order valence-electron chi connectivity index (χ2n) is 10.1. The summed E-state index contributed by atoms with van der Waals surface area (Å²) in [5.74, 6) is 0.779. The number of Topliss-reactive ketones (excluding diaryl/α,β-unsaturated/α-hetero) is 1. The Kier molecular flexibility index (Phi) is 10.9. The molecular formula is C25H43NO5S. The molecule has 2 N–H and O–H groups in total. The van der Waals surface area contributed by atoms with Gasteiger partial charge in [-0.15, -0.1) is 0 Å². The summed E-state index contributed by atoms with van der Waals surface area (Å²) in [5.41, 5.74) is -0.620. The molecule has 184 valence electrons. The van der Waals surface area contributed by atoms with Crippen LogP contribution in [0.5, 0.6) is 0 Å². The lowest BCUT2D eigenvalue weighted by Gasteiger charge is -2.23. The van der Waals surface area contributed by atoms with Crippen LogP contribution in [-0.2, 0) is 19.4 Å². The zero-order chi connectivity index (χ0) is 23.6. The number of hydrogen-bond acceptors (Lipinski definition) is 5. The normalized spacial score (nSPS) is 28.4. The summed E-state index contributed by atoms with van der Waals surface area (Å²) in [5, 5.41) is 13.0. The minimum Gasteiger partial charge on any atom is -0.389 e. The molecule has 0 bridgehead atoms. The van der Waals surface area contributed by atoms with Crippen molar-refractivity contribution in [1.29, 1.82) is 0 Å². The fraction of sp³-hybridized carbons (Fsp3) is 0.840. The standard InChI is InChI=1S/C25H43NO5S/c1-3-4-7-10-21(27)15-13-20-14-16-23(28)22(20)11-8-5-6-9-12-24(29)26-25(2)17-18-32(30,31)19-25/h13,15,20-22,27H,3-12,14,16-19H2,1-2H3,(H,26,29)/b15-13+/t20-,21+,22+,25?/m0/s1. The van der Waals surface area contributed by atoms with Crippen LogP contribution in [-0.4, -0.2) is 48.4 Å². The first kappa shape index (κ1) is 27.0. The van der Waals surface area contributed by atoms with Crippen LogP contribution in [0.1, 0.15) is 97.3 Å². The first-order valence-corrected chi connectivity index (χ1v) is 14.4. The summed E-state index contributed by atoms with van der Waals surface area (Å²) in [7, 11) is -3.02. The Morgan fingerprint density at radius 1 is 1.22 bits per heavy atom. The Balaban J connectivity index is 1.61. The van der Waals surface area contributed by atoms with Crippen LogP contribution < -0.4 is 5.32 Å². The van der Waals surface area contributed by atoms with Gasteiger partial charge in [0.2, 0.25) is 5.91 Å². The second kappa shape index (κ2) is 12.9. The number of carbonyl (C=O) groups excluding carboxylic acids is 2. The number of hydrogen-bond donors (Lipinski definition) is 2. The molecule has 4 atom stereocenters. The number of unbranched alkanes of at least 4 members (excludes halogenated alkanes) is 5. The minimum absolute atomic E-state index is 0.0343. The van der Waals surface area contributed by atoms with Gasteiger partial charge in [0.15, 0.2) is 9.84 Å². The molecule has 0 aromatic rings. The van der Waals surface area contributed by atoms with E-state index in [0.29, 0.717) is 25.0 Å². The van der Waals surface area contributed by atoms with Crippen molar-refractivity contribution in [2.45, 2.75) is 109 Å². The topological polar surface area (TPSA) is 101 Å².